The number of anilines is 2. The quantitative estimate of drug-likeness (QED) is 0.864. The van der Waals surface area contributed by atoms with Gasteiger partial charge in [0.1, 0.15) is 5.82 Å². The molecule has 0 aliphatic carbocycles. The Morgan fingerprint density at radius 1 is 1.05 bits per heavy atom. The lowest BCUT2D eigenvalue weighted by Crippen LogP contribution is -2.07. The van der Waals surface area contributed by atoms with Gasteiger partial charge in [-0.3, -0.25) is 0 Å². The molecule has 0 aliphatic rings. The van der Waals surface area contributed by atoms with E-state index in [1.54, 1.807) is 12.1 Å². The number of aryl methyl sites for hydroxylation is 2. The minimum atomic E-state index is -3.14. The summed E-state index contributed by atoms with van der Waals surface area (Å²) < 4.78 is 22.8. The third-order valence-corrected chi connectivity index (χ3v) is 4.64. The second-order valence-corrected chi connectivity index (χ2v) is 7.32. The molecule has 0 aliphatic heterocycles. The summed E-state index contributed by atoms with van der Waals surface area (Å²) in [6.07, 6.45) is 3.66. The fourth-order valence-electron chi connectivity index (χ4n) is 2.32. The number of nitrogen functional groups attached to an aromatic ring is 2. The van der Waals surface area contributed by atoms with E-state index in [4.69, 9.17) is 11.5 Å². The highest BCUT2D eigenvalue weighted by molar-refractivity contribution is 7.90. The van der Waals surface area contributed by atoms with E-state index in [2.05, 4.69) is 9.97 Å². The number of sulfone groups is 1. The number of benzene rings is 1. The van der Waals surface area contributed by atoms with Crippen LogP contribution < -0.4 is 11.5 Å². The van der Waals surface area contributed by atoms with E-state index < -0.39 is 9.84 Å². The van der Waals surface area contributed by atoms with Crippen LogP contribution in [0.4, 0.5) is 11.8 Å². The molecule has 1 aromatic heterocycles. The fourth-order valence-corrected chi connectivity index (χ4v) is 2.95. The van der Waals surface area contributed by atoms with Crippen molar-refractivity contribution < 1.29 is 8.42 Å². The molecule has 118 valence electrons. The summed E-state index contributed by atoms with van der Waals surface area (Å²) in [5.41, 5.74) is 14.2. The van der Waals surface area contributed by atoms with E-state index in [9.17, 15) is 8.42 Å². The molecule has 1 aromatic carbocycles. The van der Waals surface area contributed by atoms with Gasteiger partial charge in [0.25, 0.3) is 0 Å². The molecule has 0 spiro atoms. The van der Waals surface area contributed by atoms with E-state index >= 15 is 0 Å². The number of hydrogen-bond donors (Lipinski definition) is 2. The first-order valence-electron chi connectivity index (χ1n) is 6.95. The van der Waals surface area contributed by atoms with Gasteiger partial charge in [0.2, 0.25) is 5.95 Å². The number of nitrogens with zero attached hydrogens (tertiary/aromatic N) is 2. The molecule has 0 radical (unpaired) electrons. The lowest BCUT2D eigenvalue weighted by atomic mass is 10.0. The van der Waals surface area contributed by atoms with Crippen LogP contribution in [0.15, 0.2) is 29.2 Å². The lowest BCUT2D eigenvalue weighted by Gasteiger charge is -2.09. The molecule has 0 fully saturated rings. The Kier molecular flexibility index (Phi) is 4.65. The summed E-state index contributed by atoms with van der Waals surface area (Å²) in [4.78, 5) is 8.43. The molecule has 0 atom stereocenters. The van der Waals surface area contributed by atoms with Gasteiger partial charge in [-0.15, -0.1) is 0 Å². The highest BCUT2D eigenvalue weighted by atomic mass is 32.2. The number of aromatic nitrogens is 2. The van der Waals surface area contributed by atoms with Gasteiger partial charge in [-0.25, -0.2) is 13.4 Å². The van der Waals surface area contributed by atoms with Crippen molar-refractivity contribution in [2.75, 3.05) is 17.7 Å². The lowest BCUT2D eigenvalue weighted by molar-refractivity contribution is 0.602. The molecule has 1 heterocycles. The smallest absolute Gasteiger partial charge is 0.222 e. The van der Waals surface area contributed by atoms with Crippen LogP contribution in [0.2, 0.25) is 0 Å². The van der Waals surface area contributed by atoms with Crippen molar-refractivity contribution >= 4 is 21.6 Å². The predicted molar refractivity (Wildman–Crippen MR) is 87.2 cm³/mol. The third-order valence-electron chi connectivity index (χ3n) is 3.51. The minimum absolute atomic E-state index is 0.190. The first-order valence-corrected chi connectivity index (χ1v) is 8.84. The number of rotatable bonds is 5. The first kappa shape index (κ1) is 16.2. The number of nitrogens with two attached hydrogens (primary N) is 2. The van der Waals surface area contributed by atoms with Gasteiger partial charge in [-0.2, -0.15) is 4.98 Å². The van der Waals surface area contributed by atoms with Crippen molar-refractivity contribution in [1.29, 1.82) is 0 Å². The number of hydrogen-bond acceptors (Lipinski definition) is 6. The first-order chi connectivity index (χ1) is 10.3. The Balaban J connectivity index is 2.00. The van der Waals surface area contributed by atoms with Gasteiger partial charge < -0.3 is 11.5 Å². The van der Waals surface area contributed by atoms with Crippen molar-refractivity contribution in [3.63, 3.8) is 0 Å². The SMILES string of the molecule is Cc1nc(N)nc(N)c1CCCc1ccc(S(C)(=O)=O)cc1. The standard InChI is InChI=1S/C15H20N4O2S/c1-10-13(14(16)19-15(17)18-10)5-3-4-11-6-8-12(9-7-11)22(2,20)21/h6-9H,3-5H2,1-2H3,(H4,16,17,18,19). The zero-order valence-corrected chi connectivity index (χ0v) is 13.5. The van der Waals surface area contributed by atoms with Crippen molar-refractivity contribution in [1.82, 2.24) is 9.97 Å². The zero-order chi connectivity index (χ0) is 16.3. The Morgan fingerprint density at radius 3 is 2.23 bits per heavy atom. The predicted octanol–water partition coefficient (Wildman–Crippen LogP) is 1.53. The van der Waals surface area contributed by atoms with Crippen LogP contribution in [0.1, 0.15) is 23.2 Å². The van der Waals surface area contributed by atoms with E-state index in [1.165, 1.54) is 6.26 Å². The van der Waals surface area contributed by atoms with Crippen LogP contribution in [-0.2, 0) is 22.7 Å². The average Bonchev–Trinajstić information content (AvgIpc) is 2.41. The van der Waals surface area contributed by atoms with Crippen LogP contribution >= 0.6 is 0 Å². The van der Waals surface area contributed by atoms with Gasteiger partial charge in [0, 0.05) is 17.5 Å². The van der Waals surface area contributed by atoms with Gasteiger partial charge in [-0.05, 0) is 43.9 Å². The highest BCUT2D eigenvalue weighted by Gasteiger charge is 2.09. The van der Waals surface area contributed by atoms with Crippen molar-refractivity contribution in [3.8, 4) is 0 Å². The van der Waals surface area contributed by atoms with Gasteiger partial charge in [-0.1, -0.05) is 12.1 Å². The molecule has 0 unspecified atom stereocenters. The Labute approximate surface area is 130 Å². The summed E-state index contributed by atoms with van der Waals surface area (Å²) in [6.45, 7) is 1.87. The Morgan fingerprint density at radius 2 is 1.68 bits per heavy atom. The second kappa shape index (κ2) is 6.31. The van der Waals surface area contributed by atoms with E-state index in [1.807, 2.05) is 19.1 Å². The maximum absolute atomic E-state index is 11.4. The molecule has 22 heavy (non-hydrogen) atoms. The van der Waals surface area contributed by atoms with Crippen LogP contribution in [0.3, 0.4) is 0 Å². The molecular formula is C15H20N4O2S. The molecule has 0 saturated heterocycles. The second-order valence-electron chi connectivity index (χ2n) is 5.30. The maximum Gasteiger partial charge on any atom is 0.222 e. The normalized spacial score (nSPS) is 11.5. The van der Waals surface area contributed by atoms with Crippen LogP contribution in [0, 0.1) is 6.92 Å². The molecule has 7 heteroatoms. The molecule has 0 bridgehead atoms. The van der Waals surface area contributed by atoms with Crippen LogP contribution in [-0.4, -0.2) is 24.6 Å². The maximum atomic E-state index is 11.4. The Bertz CT molecular complexity index is 748. The summed E-state index contributed by atoms with van der Waals surface area (Å²) >= 11 is 0. The monoisotopic (exact) mass is 320 g/mol. The van der Waals surface area contributed by atoms with E-state index in [-0.39, 0.29) is 5.95 Å². The topological polar surface area (TPSA) is 112 Å². The fraction of sp³-hybridized carbons (Fsp3) is 0.333. The largest absolute Gasteiger partial charge is 0.383 e. The van der Waals surface area contributed by atoms with Crippen molar-refractivity contribution in [2.24, 2.45) is 0 Å². The van der Waals surface area contributed by atoms with E-state index in [0.29, 0.717) is 10.7 Å². The van der Waals surface area contributed by atoms with Gasteiger partial charge in [0.15, 0.2) is 9.84 Å². The van der Waals surface area contributed by atoms with Gasteiger partial charge in [0.05, 0.1) is 4.90 Å². The summed E-state index contributed by atoms with van der Waals surface area (Å²) in [5.74, 6) is 0.618. The van der Waals surface area contributed by atoms with Gasteiger partial charge >= 0.3 is 0 Å². The molecule has 2 aromatic rings. The molecule has 0 amide bonds. The van der Waals surface area contributed by atoms with E-state index in [0.717, 1.165) is 36.1 Å². The molecule has 4 N–H and O–H groups in total. The van der Waals surface area contributed by atoms with Crippen LogP contribution in [0.5, 0.6) is 0 Å². The summed E-state index contributed by atoms with van der Waals surface area (Å²) in [7, 11) is -3.14. The van der Waals surface area contributed by atoms with Crippen molar-refractivity contribution in [3.05, 3.63) is 41.1 Å². The third kappa shape index (κ3) is 3.94. The molecule has 0 saturated carbocycles. The average molecular weight is 320 g/mol. The zero-order valence-electron chi connectivity index (χ0n) is 12.7. The Hall–Kier alpha value is -2.15. The molecule has 6 nitrogen and oxygen atoms in total. The van der Waals surface area contributed by atoms with Crippen molar-refractivity contribution in [2.45, 2.75) is 31.1 Å². The summed E-state index contributed by atoms with van der Waals surface area (Å²) in [6, 6.07) is 6.95. The highest BCUT2D eigenvalue weighted by Crippen LogP contribution is 2.18. The minimum Gasteiger partial charge on any atom is -0.383 e. The molecular weight excluding hydrogens is 300 g/mol. The molecule has 2 rings (SSSR count). The van der Waals surface area contributed by atoms with Crippen LogP contribution in [0.25, 0.3) is 0 Å². The summed E-state index contributed by atoms with van der Waals surface area (Å²) in [5, 5.41) is 0.